The summed E-state index contributed by atoms with van der Waals surface area (Å²) in [6.45, 7) is 22.8. The summed E-state index contributed by atoms with van der Waals surface area (Å²) in [7, 11) is 0. The molecule has 3 heterocycles. The van der Waals surface area contributed by atoms with Crippen molar-refractivity contribution in [2.45, 2.75) is 85.1 Å². The van der Waals surface area contributed by atoms with Crippen molar-refractivity contribution in [3.05, 3.63) is 131 Å². The minimum atomic E-state index is -0.345. The Morgan fingerprint density at radius 3 is 1.73 bits per heavy atom. The zero-order chi connectivity index (χ0) is 41.2. The Kier molecular flexibility index (Phi) is 15.2. The highest BCUT2D eigenvalue weighted by Gasteiger charge is 2.40. The molecule has 0 radical (unpaired) electrons. The van der Waals surface area contributed by atoms with Gasteiger partial charge in [0.15, 0.2) is 19.7 Å². The Balaban J connectivity index is 0.00000585. The monoisotopic (exact) mass is 1130 g/mol. The van der Waals surface area contributed by atoms with Crippen LogP contribution in [0.5, 0.6) is 5.75 Å². The van der Waals surface area contributed by atoms with Crippen molar-refractivity contribution < 1.29 is 42.8 Å². The van der Waals surface area contributed by atoms with Gasteiger partial charge in [-0.15, -0.1) is 0 Å². The van der Waals surface area contributed by atoms with E-state index in [1.54, 1.807) is 0 Å². The molecular weight excluding hydrogens is 1070 g/mol. The zero-order valence-corrected chi connectivity index (χ0v) is 42.2. The maximum absolute atomic E-state index is 11.9. The quantitative estimate of drug-likeness (QED) is 0.119. The van der Waals surface area contributed by atoms with Gasteiger partial charge in [0.1, 0.15) is 5.75 Å². The summed E-state index contributed by atoms with van der Waals surface area (Å²) < 4.78 is 15.7. The number of carbonyl (C=O) groups excluding carboxylic acids is 1. The number of hydrogen-bond donors (Lipinski definition) is 0. The first-order valence-corrected chi connectivity index (χ1v) is 23.2. The summed E-state index contributed by atoms with van der Waals surface area (Å²) in [5, 5.41) is 0. The Morgan fingerprint density at radius 2 is 1.25 bits per heavy atom. The summed E-state index contributed by atoms with van der Waals surface area (Å²) in [5.41, 5.74) is 13.7. The summed E-state index contributed by atoms with van der Waals surface area (Å²) in [6.07, 6.45) is 13.1. The van der Waals surface area contributed by atoms with Crippen LogP contribution in [0, 0.1) is 7.14 Å². The van der Waals surface area contributed by atoms with Gasteiger partial charge in [0.05, 0.1) is 26.8 Å². The number of carbonyl (C=O) groups is 1. The molecule has 4 aliphatic rings. The highest BCUT2D eigenvalue weighted by atomic mass is 127. The van der Waals surface area contributed by atoms with E-state index in [1.165, 1.54) is 56.3 Å². The topological polar surface area (TPSA) is 48.3 Å². The molecule has 1 aliphatic carbocycles. The summed E-state index contributed by atoms with van der Waals surface area (Å²) in [4.78, 5) is 19.5. The number of fused-ring (bicyclic) bond motifs is 2. The van der Waals surface area contributed by atoms with E-state index in [9.17, 15) is 4.79 Å². The molecule has 1 saturated carbocycles. The van der Waals surface area contributed by atoms with Crippen molar-refractivity contribution in [1.82, 2.24) is 4.90 Å². The normalized spacial score (nSPS) is 21.3. The molecule has 0 spiro atoms. The van der Waals surface area contributed by atoms with Crippen LogP contribution in [-0.2, 0) is 26.9 Å². The number of piperazine rings is 1. The van der Waals surface area contributed by atoms with Crippen LogP contribution in [0.2, 0.25) is 0 Å². The molecule has 7 rings (SSSR count). The molecule has 1 saturated heterocycles. The second kappa shape index (κ2) is 19.6. The fraction of sp³-hybridized carbons (Fsp3) is 0.429. The predicted molar refractivity (Wildman–Crippen MR) is 255 cm³/mol. The van der Waals surface area contributed by atoms with Gasteiger partial charge in [-0.2, -0.15) is 0 Å². The standard InChI is InChI=1S/C49H59I2N4O3.HI/c1-8-54-41-20-13-11-18-37(41)48(4,5)43(54)24-22-35-16-15-17-36(23-25-44-49(6,7)38-19-12-14-21-42(38)55(44)9-2)46(35)53-28-26-52(27-29-53)32-34-30-39(50)47(40(51)31-34)58-33-45(56)57-10-3;/h11-14,18-25,30-31H,8-10,15-17,26-29,32-33H2,1-7H3;1H/q+1;/p-1. The van der Waals surface area contributed by atoms with E-state index in [0.29, 0.717) is 6.61 Å². The second-order valence-corrected chi connectivity index (χ2v) is 19.0. The Hall–Kier alpha value is -2.69. The van der Waals surface area contributed by atoms with Crippen LogP contribution < -0.4 is 38.5 Å². The second-order valence-electron chi connectivity index (χ2n) is 16.7. The lowest BCUT2D eigenvalue weighted by atomic mass is 9.82. The van der Waals surface area contributed by atoms with Gasteiger partial charge in [-0.25, -0.2) is 9.37 Å². The van der Waals surface area contributed by atoms with E-state index in [2.05, 4.69) is 191 Å². The molecule has 0 atom stereocenters. The van der Waals surface area contributed by atoms with Gasteiger partial charge in [-0.1, -0.05) is 76.2 Å². The van der Waals surface area contributed by atoms with Gasteiger partial charge in [0.2, 0.25) is 5.71 Å². The molecule has 10 heteroatoms. The van der Waals surface area contributed by atoms with Crippen LogP contribution in [0.25, 0.3) is 0 Å². The Bertz CT molecular complexity index is 2080. The largest absolute Gasteiger partial charge is 1.00 e. The van der Waals surface area contributed by atoms with Crippen molar-refractivity contribution in [2.24, 2.45) is 0 Å². The number of likely N-dealkylation sites (N-methyl/N-ethyl adjacent to an activating group) is 2. The van der Waals surface area contributed by atoms with Crippen LogP contribution in [0.1, 0.15) is 84.4 Å². The van der Waals surface area contributed by atoms with Crippen LogP contribution >= 0.6 is 45.2 Å². The maximum Gasteiger partial charge on any atom is 0.344 e. The lowest BCUT2D eigenvalue weighted by molar-refractivity contribution is -0.539. The third-order valence-electron chi connectivity index (χ3n) is 12.4. The van der Waals surface area contributed by atoms with Crippen LogP contribution in [0.4, 0.5) is 11.4 Å². The first-order chi connectivity index (χ1) is 27.9. The molecule has 0 aromatic heterocycles. The number of rotatable bonds is 10. The number of ether oxygens (including phenoxy) is 2. The van der Waals surface area contributed by atoms with Gasteiger partial charge < -0.3 is 43.3 Å². The lowest BCUT2D eigenvalue weighted by Gasteiger charge is -2.29. The van der Waals surface area contributed by atoms with E-state index in [1.807, 2.05) is 6.92 Å². The fourth-order valence-electron chi connectivity index (χ4n) is 9.53. The van der Waals surface area contributed by atoms with Crippen LogP contribution in [-0.4, -0.2) is 73.6 Å². The minimum absolute atomic E-state index is 0. The van der Waals surface area contributed by atoms with Crippen LogP contribution in [0.3, 0.4) is 0 Å². The van der Waals surface area contributed by atoms with Gasteiger partial charge in [-0.05, 0) is 138 Å². The molecule has 7 nitrogen and oxygen atoms in total. The zero-order valence-electron chi connectivity index (χ0n) is 35.7. The molecule has 3 aliphatic heterocycles. The lowest BCUT2D eigenvalue weighted by Crippen LogP contribution is -3.00. The first-order valence-electron chi connectivity index (χ1n) is 21.1. The number of benzene rings is 3. The molecular formula is C49H59I3N4O3. The fourth-order valence-corrected chi connectivity index (χ4v) is 11.7. The predicted octanol–water partition coefficient (Wildman–Crippen LogP) is 7.55. The van der Waals surface area contributed by atoms with Crippen molar-refractivity contribution in [3.63, 3.8) is 0 Å². The Morgan fingerprint density at radius 1 is 0.763 bits per heavy atom. The highest BCUT2D eigenvalue weighted by molar-refractivity contribution is 14.1. The van der Waals surface area contributed by atoms with Gasteiger partial charge in [0, 0.05) is 64.4 Å². The minimum Gasteiger partial charge on any atom is -1.00 e. The number of esters is 1. The van der Waals surface area contributed by atoms with Gasteiger partial charge in [0.25, 0.3) is 0 Å². The first kappa shape index (κ1) is 45.8. The van der Waals surface area contributed by atoms with Crippen molar-refractivity contribution in [3.8, 4) is 5.75 Å². The van der Waals surface area contributed by atoms with Crippen molar-refractivity contribution >= 4 is 68.2 Å². The van der Waals surface area contributed by atoms with Crippen molar-refractivity contribution in [1.29, 1.82) is 0 Å². The molecule has 0 unspecified atom stereocenters. The number of nitrogens with zero attached hydrogens (tertiary/aromatic N) is 4. The number of para-hydroxylation sites is 2. The molecule has 0 amide bonds. The van der Waals surface area contributed by atoms with Crippen LogP contribution in [0.15, 0.2) is 108 Å². The molecule has 0 bridgehead atoms. The number of anilines is 2. The number of allylic oxidation sites excluding steroid dienone is 8. The summed E-state index contributed by atoms with van der Waals surface area (Å²) in [5.74, 6) is 0.405. The molecule has 2 fully saturated rings. The molecule has 314 valence electrons. The number of hydrogen-bond acceptors (Lipinski definition) is 6. The van der Waals surface area contributed by atoms with Gasteiger partial charge in [-0.3, -0.25) is 4.90 Å². The molecule has 3 aromatic rings. The SMILES string of the molecule is CCOC(=O)COc1c(I)cc(CN2CC[N+](=C3C(=CC=C4N(CC)c5ccccc5C4(C)C)CCC/C3=C\C=C3\N(CC)c4ccccc4C3(C)C)CC2)cc1I.[I-]. The third-order valence-corrected chi connectivity index (χ3v) is 14.0. The third kappa shape index (κ3) is 9.40. The average Bonchev–Trinajstić information content (AvgIpc) is 3.57. The molecule has 59 heavy (non-hydrogen) atoms. The highest BCUT2D eigenvalue weighted by Crippen LogP contribution is 2.49. The molecule has 3 aromatic carbocycles. The van der Waals surface area contributed by atoms with E-state index < -0.39 is 0 Å². The molecule has 0 N–H and O–H groups in total. The summed E-state index contributed by atoms with van der Waals surface area (Å²) in [6, 6.07) is 22.2. The average molecular weight is 1130 g/mol. The van der Waals surface area contributed by atoms with E-state index in [-0.39, 0.29) is 47.4 Å². The van der Waals surface area contributed by atoms with Gasteiger partial charge >= 0.3 is 5.97 Å². The van der Waals surface area contributed by atoms with Crippen molar-refractivity contribution in [2.75, 3.05) is 62.3 Å². The smallest absolute Gasteiger partial charge is 0.344 e. The van der Waals surface area contributed by atoms with E-state index >= 15 is 0 Å². The van der Waals surface area contributed by atoms with E-state index in [0.717, 1.165) is 78.0 Å². The Labute approximate surface area is 397 Å². The number of halogens is 3. The summed E-state index contributed by atoms with van der Waals surface area (Å²) >= 11 is 4.65. The maximum atomic E-state index is 11.9. The van der Waals surface area contributed by atoms with E-state index in [4.69, 9.17) is 9.47 Å².